The molecule has 1 aromatic carbocycles. The van der Waals surface area contributed by atoms with Gasteiger partial charge in [0, 0.05) is 12.1 Å². The fourth-order valence-electron chi connectivity index (χ4n) is 3.32. The zero-order valence-electron chi connectivity index (χ0n) is 15.6. The van der Waals surface area contributed by atoms with Gasteiger partial charge in [0.1, 0.15) is 0 Å². The number of nitrogens with zero attached hydrogens (tertiary/aromatic N) is 3. The molecule has 0 radical (unpaired) electrons. The Morgan fingerprint density at radius 2 is 2.00 bits per heavy atom. The molecule has 27 heavy (non-hydrogen) atoms. The SMILES string of the molecule is CCN(CC(=O)O)C1CC(NC(=O)Nc2cn(-c3ccccc3)nc2C)C1. The van der Waals surface area contributed by atoms with Gasteiger partial charge in [-0.15, -0.1) is 0 Å². The van der Waals surface area contributed by atoms with Crippen molar-refractivity contribution in [1.29, 1.82) is 0 Å². The van der Waals surface area contributed by atoms with Crippen LogP contribution in [0.1, 0.15) is 25.5 Å². The minimum atomic E-state index is -0.822. The van der Waals surface area contributed by atoms with Crippen molar-refractivity contribution in [2.24, 2.45) is 0 Å². The van der Waals surface area contributed by atoms with Crippen LogP contribution in [0, 0.1) is 6.92 Å². The molecule has 1 aromatic heterocycles. The van der Waals surface area contributed by atoms with Crippen LogP contribution in [0.2, 0.25) is 0 Å². The molecule has 0 aliphatic heterocycles. The predicted octanol–water partition coefficient (Wildman–Crippen LogP) is 2.24. The quantitative estimate of drug-likeness (QED) is 0.693. The fraction of sp³-hybridized carbons (Fsp3) is 0.421. The van der Waals surface area contributed by atoms with Crippen LogP contribution in [0.5, 0.6) is 0 Å². The Kier molecular flexibility index (Phi) is 5.75. The maximum absolute atomic E-state index is 12.3. The van der Waals surface area contributed by atoms with E-state index in [0.29, 0.717) is 12.2 Å². The molecule has 2 aromatic rings. The highest BCUT2D eigenvalue weighted by Crippen LogP contribution is 2.26. The second-order valence-electron chi connectivity index (χ2n) is 6.79. The molecule has 1 aliphatic carbocycles. The van der Waals surface area contributed by atoms with Crippen LogP contribution >= 0.6 is 0 Å². The molecule has 1 aliphatic rings. The number of aromatic nitrogens is 2. The molecule has 3 rings (SSSR count). The zero-order chi connectivity index (χ0) is 19.4. The second kappa shape index (κ2) is 8.22. The standard InChI is InChI=1S/C19H25N5O3/c1-3-23(12-18(25)26)16-9-14(10-16)20-19(27)21-17-11-24(22-13(17)2)15-7-5-4-6-8-15/h4-8,11,14,16H,3,9-10,12H2,1-2H3,(H,25,26)(H2,20,21,27). The van der Waals surface area contributed by atoms with Gasteiger partial charge in [0.05, 0.1) is 29.8 Å². The third kappa shape index (κ3) is 4.65. The van der Waals surface area contributed by atoms with Gasteiger partial charge in [0.25, 0.3) is 0 Å². The first-order valence-electron chi connectivity index (χ1n) is 9.11. The van der Waals surface area contributed by atoms with Crippen molar-refractivity contribution in [3.63, 3.8) is 0 Å². The number of amides is 2. The second-order valence-corrected chi connectivity index (χ2v) is 6.79. The summed E-state index contributed by atoms with van der Waals surface area (Å²) in [5.41, 5.74) is 2.32. The lowest BCUT2D eigenvalue weighted by Gasteiger charge is -2.42. The lowest BCUT2D eigenvalue weighted by molar-refractivity contribution is -0.139. The van der Waals surface area contributed by atoms with Gasteiger partial charge in [-0.1, -0.05) is 25.1 Å². The number of hydrogen-bond acceptors (Lipinski definition) is 4. The van der Waals surface area contributed by atoms with Crippen molar-refractivity contribution >= 4 is 17.7 Å². The maximum Gasteiger partial charge on any atom is 0.319 e. The van der Waals surface area contributed by atoms with Gasteiger partial charge in [-0.25, -0.2) is 9.48 Å². The number of likely N-dealkylation sites (N-methyl/N-ethyl adjacent to an activating group) is 1. The molecule has 2 amide bonds. The number of nitrogens with one attached hydrogen (secondary N) is 2. The molecule has 3 N–H and O–H groups in total. The Balaban J connectivity index is 1.51. The Morgan fingerprint density at radius 1 is 1.30 bits per heavy atom. The van der Waals surface area contributed by atoms with Crippen LogP contribution in [-0.4, -0.2) is 57.0 Å². The smallest absolute Gasteiger partial charge is 0.319 e. The molecular weight excluding hydrogens is 346 g/mol. The average molecular weight is 371 g/mol. The monoisotopic (exact) mass is 371 g/mol. The Labute approximate surface area is 158 Å². The van der Waals surface area contributed by atoms with Gasteiger partial charge in [0.2, 0.25) is 0 Å². The van der Waals surface area contributed by atoms with E-state index in [9.17, 15) is 9.59 Å². The third-order valence-electron chi connectivity index (χ3n) is 4.88. The van der Waals surface area contributed by atoms with Crippen LogP contribution in [0.3, 0.4) is 0 Å². The number of hydrogen-bond donors (Lipinski definition) is 3. The lowest BCUT2D eigenvalue weighted by Crippen LogP contribution is -2.55. The number of rotatable bonds is 7. The van der Waals surface area contributed by atoms with Gasteiger partial charge >= 0.3 is 12.0 Å². The van der Waals surface area contributed by atoms with E-state index < -0.39 is 5.97 Å². The summed E-state index contributed by atoms with van der Waals surface area (Å²) in [5, 5.41) is 19.2. The van der Waals surface area contributed by atoms with Gasteiger partial charge < -0.3 is 15.7 Å². The molecule has 144 valence electrons. The number of carboxylic acid groups (broad SMARTS) is 1. The zero-order valence-corrected chi connectivity index (χ0v) is 15.6. The van der Waals surface area contributed by atoms with Crippen molar-refractivity contribution in [2.45, 2.75) is 38.8 Å². The molecule has 1 fully saturated rings. The molecule has 1 saturated carbocycles. The van der Waals surface area contributed by atoms with E-state index in [1.807, 2.05) is 49.1 Å². The summed E-state index contributed by atoms with van der Waals surface area (Å²) in [6, 6.07) is 9.69. The Bertz CT molecular complexity index is 799. The fourth-order valence-corrected chi connectivity index (χ4v) is 3.32. The average Bonchev–Trinajstić information content (AvgIpc) is 2.97. The highest BCUT2D eigenvalue weighted by atomic mass is 16.4. The molecular formula is C19H25N5O3. The van der Waals surface area contributed by atoms with Gasteiger partial charge in [-0.3, -0.25) is 9.69 Å². The van der Waals surface area contributed by atoms with Gasteiger partial charge in [-0.05, 0) is 38.4 Å². The van der Waals surface area contributed by atoms with E-state index in [4.69, 9.17) is 5.11 Å². The van der Waals surface area contributed by atoms with Crippen molar-refractivity contribution in [3.05, 3.63) is 42.2 Å². The number of carbonyl (C=O) groups is 2. The molecule has 1 heterocycles. The summed E-state index contributed by atoms with van der Waals surface area (Å²) in [6.45, 7) is 4.52. The summed E-state index contributed by atoms with van der Waals surface area (Å²) in [4.78, 5) is 25.1. The van der Waals surface area contributed by atoms with Crippen LogP contribution < -0.4 is 10.6 Å². The number of carboxylic acids is 1. The number of carbonyl (C=O) groups excluding carboxylic acids is 1. The molecule has 8 heteroatoms. The number of benzene rings is 1. The van der Waals surface area contributed by atoms with Gasteiger partial charge in [-0.2, -0.15) is 5.10 Å². The summed E-state index contributed by atoms with van der Waals surface area (Å²) in [7, 11) is 0. The molecule has 0 spiro atoms. The lowest BCUT2D eigenvalue weighted by atomic mass is 9.85. The summed E-state index contributed by atoms with van der Waals surface area (Å²) >= 11 is 0. The van der Waals surface area contributed by atoms with Gasteiger partial charge in [0.15, 0.2) is 0 Å². The number of aryl methyl sites for hydroxylation is 1. The van der Waals surface area contributed by atoms with E-state index in [2.05, 4.69) is 15.7 Å². The van der Waals surface area contributed by atoms with Crippen LogP contribution in [0.4, 0.5) is 10.5 Å². The first-order chi connectivity index (χ1) is 13.0. The number of aliphatic carboxylic acids is 1. The van der Waals surface area contributed by atoms with E-state index in [1.54, 1.807) is 10.9 Å². The van der Waals surface area contributed by atoms with Crippen LogP contribution in [0.15, 0.2) is 36.5 Å². The van der Waals surface area contributed by atoms with Crippen LogP contribution in [0.25, 0.3) is 5.69 Å². The highest BCUT2D eigenvalue weighted by Gasteiger charge is 2.34. The van der Waals surface area contributed by atoms with Crippen molar-refractivity contribution < 1.29 is 14.7 Å². The molecule has 0 atom stereocenters. The van der Waals surface area contributed by atoms with Crippen molar-refractivity contribution in [1.82, 2.24) is 20.0 Å². The number of para-hydroxylation sites is 1. The summed E-state index contributed by atoms with van der Waals surface area (Å²) in [6.07, 6.45) is 3.31. The van der Waals surface area contributed by atoms with Crippen molar-refractivity contribution in [2.75, 3.05) is 18.4 Å². The molecule has 0 unspecified atom stereocenters. The first kappa shape index (κ1) is 18.9. The van der Waals surface area contributed by atoms with E-state index in [1.165, 1.54) is 0 Å². The minimum Gasteiger partial charge on any atom is -0.480 e. The van der Waals surface area contributed by atoms with E-state index >= 15 is 0 Å². The van der Waals surface area contributed by atoms with Crippen molar-refractivity contribution in [3.8, 4) is 5.69 Å². The summed E-state index contributed by atoms with van der Waals surface area (Å²) < 4.78 is 1.73. The van der Waals surface area contributed by atoms with E-state index in [-0.39, 0.29) is 24.7 Å². The Hall–Kier alpha value is -2.87. The number of urea groups is 1. The normalized spacial score (nSPS) is 18.8. The maximum atomic E-state index is 12.3. The Morgan fingerprint density at radius 3 is 2.63 bits per heavy atom. The predicted molar refractivity (Wildman–Crippen MR) is 102 cm³/mol. The van der Waals surface area contributed by atoms with Crippen LogP contribution in [-0.2, 0) is 4.79 Å². The molecule has 8 nitrogen and oxygen atoms in total. The third-order valence-corrected chi connectivity index (χ3v) is 4.88. The number of anilines is 1. The first-order valence-corrected chi connectivity index (χ1v) is 9.11. The topological polar surface area (TPSA) is 99.5 Å². The minimum absolute atomic E-state index is 0.0396. The van der Waals surface area contributed by atoms with E-state index in [0.717, 1.165) is 24.2 Å². The highest BCUT2D eigenvalue weighted by molar-refractivity contribution is 5.90. The molecule has 0 bridgehead atoms. The summed E-state index contributed by atoms with van der Waals surface area (Å²) in [5.74, 6) is -0.822. The largest absolute Gasteiger partial charge is 0.480 e. The molecule has 0 saturated heterocycles.